The van der Waals surface area contributed by atoms with E-state index in [0.717, 1.165) is 6.07 Å². The van der Waals surface area contributed by atoms with Crippen molar-refractivity contribution in [2.75, 3.05) is 19.6 Å². The van der Waals surface area contributed by atoms with Gasteiger partial charge in [0.2, 0.25) is 0 Å². The van der Waals surface area contributed by atoms with Crippen LogP contribution in [0.25, 0.3) is 5.57 Å². The molecule has 2 aromatic rings. The smallest absolute Gasteiger partial charge is 0.744 e. The van der Waals surface area contributed by atoms with Crippen LogP contribution in [-0.4, -0.2) is 55.4 Å². The van der Waals surface area contributed by atoms with Crippen LogP contribution in [0.3, 0.4) is 0 Å². The number of aromatic hydroxyl groups is 1. The van der Waals surface area contributed by atoms with Crippen LogP contribution in [0, 0.1) is 6.92 Å². The molecule has 15 heteroatoms. The van der Waals surface area contributed by atoms with Gasteiger partial charge in [-0.25, -0.2) is 8.42 Å². The van der Waals surface area contributed by atoms with Crippen LogP contribution in [-0.2, 0) is 31.0 Å². The number of rotatable bonds is 11. The number of carbonyl (C=O) groups is 3. The molecule has 0 fully saturated rings. The fourth-order valence-corrected chi connectivity index (χ4v) is 4.91. The van der Waals surface area contributed by atoms with E-state index in [0.29, 0.717) is 22.3 Å². The van der Waals surface area contributed by atoms with Gasteiger partial charge in [0.15, 0.2) is 5.78 Å². The van der Waals surface area contributed by atoms with Gasteiger partial charge in [-0.3, -0.25) is 4.79 Å². The molecule has 0 bridgehead atoms. The molecule has 3 N–H and O–H groups in total. The van der Waals surface area contributed by atoms with Crippen molar-refractivity contribution in [2.24, 2.45) is 0 Å². The molecule has 0 unspecified atom stereocenters. The number of benzene rings is 2. The number of Topliss-reactive ketones (excluding diaryl/α,β-unsaturated/α-hetero) is 1. The number of phenols is 1. The quantitative estimate of drug-likeness (QED) is 0.159. The standard InChI is InChI=1S/C27H28N2O9S.3Na/c1-15-7-17(9-19(26(15)34)11-28-13-23(30)31)25(21-5-3-4-6-22(21)39(36,37)38)18-8-16(2)27(35)20(10-18)12-29-14-24(32)33;;;/h3-10,28-29,34H,11-14H2,1-2H3,(H,30,31)(H,32,33)(H,36,37,38);;;/q;3*+1/p-3/b25-18+;;;. The van der Waals surface area contributed by atoms with E-state index >= 15 is 0 Å². The molecule has 0 aromatic heterocycles. The van der Waals surface area contributed by atoms with E-state index in [1.807, 2.05) is 0 Å². The Kier molecular flexibility index (Phi) is 17.5. The van der Waals surface area contributed by atoms with Crippen LogP contribution in [0.2, 0.25) is 0 Å². The summed E-state index contributed by atoms with van der Waals surface area (Å²) in [5, 5.41) is 37.5. The number of aliphatic carboxylic acids is 2. The number of carboxylic acid groups (broad SMARTS) is 2. The molecule has 1 aliphatic carbocycles. The van der Waals surface area contributed by atoms with E-state index < -0.39 is 40.0 Å². The maximum atomic E-state index is 12.8. The third kappa shape index (κ3) is 10.8. The van der Waals surface area contributed by atoms with Crippen molar-refractivity contribution < 1.29 is 131 Å². The molecule has 0 saturated heterocycles. The van der Waals surface area contributed by atoms with Crippen LogP contribution in [0.15, 0.2) is 70.2 Å². The first kappa shape index (κ1) is 40.9. The fraction of sp³-hybridized carbons (Fsp3) is 0.222. The predicted octanol–water partition coefficient (Wildman–Crippen LogP) is -9.95. The zero-order chi connectivity index (χ0) is 28.9. The van der Waals surface area contributed by atoms with Crippen molar-refractivity contribution in [2.45, 2.75) is 25.3 Å². The Hall–Kier alpha value is -1.10. The maximum Gasteiger partial charge on any atom is 1.00 e. The molecule has 0 radical (unpaired) electrons. The Morgan fingerprint density at radius 1 is 0.905 bits per heavy atom. The Morgan fingerprint density at radius 2 is 1.48 bits per heavy atom. The largest absolute Gasteiger partial charge is 1.00 e. The molecule has 1 aliphatic rings. The summed E-state index contributed by atoms with van der Waals surface area (Å²) in [6.07, 6.45) is 2.99. The monoisotopic (exact) mass is 622 g/mol. The third-order valence-corrected chi connectivity index (χ3v) is 6.80. The summed E-state index contributed by atoms with van der Waals surface area (Å²) in [5.41, 5.74) is 2.16. The van der Waals surface area contributed by atoms with E-state index in [1.165, 1.54) is 36.4 Å². The second-order valence-electron chi connectivity index (χ2n) is 8.86. The summed E-state index contributed by atoms with van der Waals surface area (Å²) in [4.78, 5) is 33.9. The van der Waals surface area contributed by atoms with Gasteiger partial charge in [0.25, 0.3) is 0 Å². The van der Waals surface area contributed by atoms with Crippen LogP contribution in [0.1, 0.15) is 29.2 Å². The Labute approximate surface area is 310 Å². The number of hydrogen-bond acceptors (Lipinski definition) is 11. The zero-order valence-corrected chi connectivity index (χ0v) is 30.9. The first-order valence-corrected chi connectivity index (χ1v) is 13.1. The molecule has 42 heavy (non-hydrogen) atoms. The second kappa shape index (κ2) is 18.0. The third-order valence-electron chi connectivity index (χ3n) is 5.90. The van der Waals surface area contributed by atoms with Gasteiger partial charge in [0.05, 0.1) is 16.8 Å². The normalized spacial score (nSPS) is 13.9. The van der Waals surface area contributed by atoms with Crippen LogP contribution < -0.4 is 110 Å². The molecular weight excluding hydrogens is 597 g/mol. The minimum atomic E-state index is -4.95. The number of nitrogens with one attached hydrogen (secondary N) is 2. The van der Waals surface area contributed by atoms with E-state index in [-0.39, 0.29) is 136 Å². The van der Waals surface area contributed by atoms with Gasteiger partial charge in [-0.1, -0.05) is 18.2 Å². The Balaban J connectivity index is 0.00000560. The Morgan fingerprint density at radius 3 is 2.05 bits per heavy atom. The summed E-state index contributed by atoms with van der Waals surface area (Å²) in [6.45, 7) is 1.96. The van der Waals surface area contributed by atoms with E-state index in [4.69, 9.17) is 0 Å². The molecule has 0 aliphatic heterocycles. The van der Waals surface area contributed by atoms with Crippen molar-refractivity contribution in [3.63, 3.8) is 0 Å². The summed E-state index contributed by atoms with van der Waals surface area (Å²) < 4.78 is 36.6. The number of carboxylic acids is 2. The summed E-state index contributed by atoms with van der Waals surface area (Å²) in [7, 11) is -4.95. The van der Waals surface area contributed by atoms with Gasteiger partial charge in [-0.2, -0.15) is 0 Å². The number of allylic oxidation sites excluding steroid dienone is 4. The summed E-state index contributed by atoms with van der Waals surface area (Å²) >= 11 is 0. The average molecular weight is 623 g/mol. The minimum Gasteiger partial charge on any atom is -0.744 e. The van der Waals surface area contributed by atoms with Gasteiger partial charge >= 0.3 is 88.7 Å². The average Bonchev–Trinajstić information content (AvgIpc) is 2.84. The topological polar surface area (TPSA) is 199 Å². The van der Waals surface area contributed by atoms with E-state index in [2.05, 4.69) is 10.6 Å². The first-order chi connectivity index (χ1) is 18.3. The molecule has 11 nitrogen and oxygen atoms in total. The van der Waals surface area contributed by atoms with Crippen LogP contribution >= 0.6 is 0 Å². The van der Waals surface area contributed by atoms with E-state index in [9.17, 15) is 42.7 Å². The van der Waals surface area contributed by atoms with Crippen molar-refractivity contribution in [1.82, 2.24) is 10.6 Å². The molecule has 0 spiro atoms. The van der Waals surface area contributed by atoms with Gasteiger partial charge < -0.3 is 40.1 Å². The van der Waals surface area contributed by atoms with Crippen molar-refractivity contribution >= 4 is 33.4 Å². The number of carbonyl (C=O) groups excluding carboxylic acids is 3. The van der Waals surface area contributed by atoms with Crippen molar-refractivity contribution in [3.8, 4) is 5.75 Å². The molecule has 3 rings (SSSR count). The van der Waals surface area contributed by atoms with Crippen molar-refractivity contribution in [3.05, 3.63) is 87.5 Å². The van der Waals surface area contributed by atoms with Crippen molar-refractivity contribution in [1.29, 1.82) is 0 Å². The molecule has 2 aromatic carbocycles. The number of aryl methyl sites for hydroxylation is 1. The SMILES string of the molecule is CC1=C/C(=C(/c2cc(C)c(O)c(CNCC(=O)[O-])c2)c2ccccc2S(=O)(=O)[O-])C=C(CNCC(=O)[O-])C1=O.[Na+].[Na+].[Na+]. The number of ketones is 1. The maximum absolute atomic E-state index is 12.8. The molecule has 0 amide bonds. The summed E-state index contributed by atoms with van der Waals surface area (Å²) in [5.74, 6) is -3.19. The molecular formula is C27H25N2Na3O9S. The second-order valence-corrected chi connectivity index (χ2v) is 10.2. The van der Waals surface area contributed by atoms with Crippen LogP contribution in [0.5, 0.6) is 5.75 Å². The minimum absolute atomic E-state index is 0. The molecule has 0 atom stereocenters. The fourth-order valence-electron chi connectivity index (χ4n) is 4.22. The van der Waals surface area contributed by atoms with E-state index in [1.54, 1.807) is 19.9 Å². The molecule has 206 valence electrons. The van der Waals surface area contributed by atoms with Gasteiger partial charge in [-0.05, 0) is 72.0 Å². The van der Waals surface area contributed by atoms with Gasteiger partial charge in [0, 0.05) is 42.9 Å². The first-order valence-electron chi connectivity index (χ1n) is 11.7. The van der Waals surface area contributed by atoms with Gasteiger partial charge in [0.1, 0.15) is 15.9 Å². The Bertz CT molecular complexity index is 1550. The molecule has 0 saturated carbocycles. The predicted molar refractivity (Wildman–Crippen MR) is 135 cm³/mol. The number of hydrogen-bond donors (Lipinski definition) is 3. The number of phenolic OH excluding ortho intramolecular Hbond substituents is 1. The summed E-state index contributed by atoms with van der Waals surface area (Å²) in [6, 6.07) is 8.61. The van der Waals surface area contributed by atoms with Crippen LogP contribution in [0.4, 0.5) is 0 Å². The van der Waals surface area contributed by atoms with Gasteiger partial charge in [-0.15, -0.1) is 0 Å². The molecule has 0 heterocycles. The zero-order valence-electron chi connectivity index (χ0n) is 24.1.